The molecule has 0 unspecified atom stereocenters. The molecule has 0 aliphatic heterocycles. The maximum atomic E-state index is 13.6. The Morgan fingerprint density at radius 2 is 1.65 bits per heavy atom. The first kappa shape index (κ1) is 20.0. The van der Waals surface area contributed by atoms with Gasteiger partial charge in [0.2, 0.25) is 0 Å². The molecule has 131 valence electrons. The van der Waals surface area contributed by atoms with E-state index in [0.717, 1.165) is 11.6 Å². The van der Waals surface area contributed by atoms with Crippen LogP contribution in [-0.2, 0) is 0 Å². The van der Waals surface area contributed by atoms with Gasteiger partial charge in [0.1, 0.15) is 0 Å². The average molecular weight is 363 g/mol. The molecule has 2 fully saturated rings. The van der Waals surface area contributed by atoms with Gasteiger partial charge in [-0.3, -0.25) is 0 Å². The molecule has 0 N–H and O–H groups in total. The third-order valence-electron chi connectivity index (χ3n) is 5.09. The summed E-state index contributed by atoms with van der Waals surface area (Å²) in [6.07, 6.45) is 11.9. The summed E-state index contributed by atoms with van der Waals surface area (Å²) in [6.45, 7) is 7.87. The monoisotopic (exact) mass is 363 g/mol. The van der Waals surface area contributed by atoms with Gasteiger partial charge >= 0.3 is 5.92 Å². The van der Waals surface area contributed by atoms with Crippen LogP contribution >= 0.6 is 15.8 Å². The highest BCUT2D eigenvalue weighted by atomic mass is 31.1. The Morgan fingerprint density at radius 1 is 1.04 bits per heavy atom. The molecule has 0 aromatic rings. The highest BCUT2D eigenvalue weighted by Gasteiger charge is 2.52. The Kier molecular flexibility index (Phi) is 7.25. The Balaban J connectivity index is 2.10. The minimum absolute atomic E-state index is 0.264. The summed E-state index contributed by atoms with van der Waals surface area (Å²) in [5.41, 5.74) is 1.22. The van der Waals surface area contributed by atoms with Crippen LogP contribution in [0.15, 0.2) is 0 Å². The number of alkyl halides is 3. The van der Waals surface area contributed by atoms with E-state index in [-0.39, 0.29) is 19.2 Å². The van der Waals surface area contributed by atoms with Crippen molar-refractivity contribution in [1.29, 1.82) is 0 Å². The normalized spacial score (nSPS) is 26.6. The summed E-state index contributed by atoms with van der Waals surface area (Å²) in [6, 6.07) is 0. The molecule has 3 atom stereocenters. The second-order valence-corrected chi connectivity index (χ2v) is 12.5. The Labute approximate surface area is 142 Å². The lowest BCUT2D eigenvalue weighted by molar-refractivity contribution is -0.0405. The van der Waals surface area contributed by atoms with Gasteiger partial charge in [0.25, 0.3) is 0 Å². The summed E-state index contributed by atoms with van der Waals surface area (Å²) < 4.78 is 40.7. The lowest BCUT2D eigenvalue weighted by Gasteiger charge is -2.39. The fourth-order valence-electron chi connectivity index (χ4n) is 3.73. The van der Waals surface area contributed by atoms with Crippen LogP contribution < -0.4 is 0 Å². The van der Waals surface area contributed by atoms with Crippen LogP contribution in [-0.4, -0.2) is 29.6 Å². The van der Waals surface area contributed by atoms with E-state index in [1.807, 2.05) is 12.8 Å². The first-order valence-corrected chi connectivity index (χ1v) is 11.9. The molecule has 0 aromatic carbocycles. The van der Waals surface area contributed by atoms with E-state index >= 15 is 0 Å². The number of hydrogen-bond acceptors (Lipinski definition) is 0. The van der Waals surface area contributed by atoms with Gasteiger partial charge in [0, 0.05) is 13.6 Å². The van der Waals surface area contributed by atoms with Crippen molar-refractivity contribution in [3.63, 3.8) is 0 Å². The summed E-state index contributed by atoms with van der Waals surface area (Å²) in [5, 5.41) is 0. The van der Waals surface area contributed by atoms with Crippen LogP contribution in [0, 0.1) is 30.8 Å². The molecule has 2 saturated carbocycles. The van der Waals surface area contributed by atoms with Gasteiger partial charge in [-0.2, -0.15) is 13.2 Å². The second-order valence-electron chi connectivity index (χ2n) is 6.93. The predicted octanol–water partition coefficient (Wildman–Crippen LogP) is 6.96. The molecular weight excluding hydrogens is 335 g/mol. The van der Waals surface area contributed by atoms with Crippen molar-refractivity contribution in [2.24, 2.45) is 0 Å². The molecule has 2 aliphatic carbocycles. The zero-order valence-corrected chi connectivity index (χ0v) is 16.3. The molecule has 23 heavy (non-hydrogen) atoms. The largest absolute Gasteiger partial charge is 0.405 e. The molecule has 0 aromatic heterocycles. The van der Waals surface area contributed by atoms with Gasteiger partial charge in [-0.25, -0.2) is 0 Å². The maximum absolute atomic E-state index is 13.6. The molecule has 2 aliphatic rings. The number of hydrogen-bond donors (Lipinski definition) is 0. The quantitative estimate of drug-likeness (QED) is 0.463. The average Bonchev–Trinajstić information content (AvgIpc) is 2.93. The van der Waals surface area contributed by atoms with Gasteiger partial charge in [0.05, 0.1) is 0 Å². The molecular formula is C18H28F3P2. The van der Waals surface area contributed by atoms with E-state index in [9.17, 15) is 13.2 Å². The molecule has 5 heteroatoms. The number of halogens is 3. The Bertz CT molecular complexity index is 364. The maximum Gasteiger partial charge on any atom is 0.405 e. The van der Waals surface area contributed by atoms with Crippen molar-refractivity contribution in [2.45, 2.75) is 75.8 Å². The standard InChI is InChI=1S/C18H28F3P2/c1-13(2)23(18(19,20)21)17-12-8-11-16(17)14(3)22(4)15-9-6-5-7-10-15/h8,11-15H,5-7,9-10H2,1-4H3/t14-,22-,23+/m1/s1. The molecule has 0 saturated heterocycles. The van der Waals surface area contributed by atoms with Crippen molar-refractivity contribution in [1.82, 2.24) is 0 Å². The highest BCUT2D eigenvalue weighted by molar-refractivity contribution is 7.63. The highest BCUT2D eigenvalue weighted by Crippen LogP contribution is 2.71. The van der Waals surface area contributed by atoms with Crippen molar-refractivity contribution < 1.29 is 13.2 Å². The first-order chi connectivity index (χ1) is 10.7. The van der Waals surface area contributed by atoms with Crippen molar-refractivity contribution in [3.8, 4) is 0 Å². The van der Waals surface area contributed by atoms with Crippen LogP contribution in [0.3, 0.4) is 0 Å². The summed E-state index contributed by atoms with van der Waals surface area (Å²) in [7, 11) is -2.37. The van der Waals surface area contributed by atoms with Crippen molar-refractivity contribution in [2.75, 3.05) is 6.66 Å². The lowest BCUT2D eigenvalue weighted by Crippen LogP contribution is -2.26. The number of rotatable bonds is 5. The fraction of sp³-hybridized carbons (Fsp3) is 0.722. The molecule has 0 spiro atoms. The fourth-order valence-corrected chi connectivity index (χ4v) is 8.51. The minimum Gasteiger partial charge on any atom is -0.167 e. The molecule has 0 nitrogen and oxygen atoms in total. The van der Waals surface area contributed by atoms with Gasteiger partial charge in [-0.1, -0.05) is 40.0 Å². The van der Waals surface area contributed by atoms with Gasteiger partial charge in [0.15, 0.2) is 0 Å². The van der Waals surface area contributed by atoms with E-state index in [2.05, 4.69) is 13.6 Å². The van der Waals surface area contributed by atoms with Crippen LogP contribution in [0.4, 0.5) is 13.2 Å². The van der Waals surface area contributed by atoms with E-state index < -0.39 is 13.8 Å². The molecule has 0 amide bonds. The SMILES string of the molecule is CC(C)[P@@]([C]1[CH][CH][CH][C]1[C@@H](C)[P@@](C)C1CCCCC1)C(F)(F)F. The van der Waals surface area contributed by atoms with Crippen LogP contribution in [0.2, 0.25) is 0 Å². The first-order valence-electron chi connectivity index (χ1n) is 8.57. The van der Waals surface area contributed by atoms with Gasteiger partial charge in [-0.05, 0) is 61.7 Å². The molecule has 0 bridgehead atoms. The second kappa shape index (κ2) is 8.35. The Hall–Kier alpha value is 0.650. The summed E-state index contributed by atoms with van der Waals surface area (Å²) in [5.74, 6) is -3.13. The van der Waals surface area contributed by atoms with Gasteiger partial charge in [-0.15, -0.1) is 7.92 Å². The minimum atomic E-state index is -4.10. The van der Waals surface area contributed by atoms with E-state index in [1.54, 1.807) is 20.3 Å². The zero-order valence-electron chi connectivity index (χ0n) is 14.5. The summed E-state index contributed by atoms with van der Waals surface area (Å²) in [4.78, 5) is 0. The molecule has 5 radical (unpaired) electrons. The smallest absolute Gasteiger partial charge is 0.167 e. The topological polar surface area (TPSA) is 0 Å². The zero-order chi connectivity index (χ0) is 17.2. The Morgan fingerprint density at radius 3 is 2.17 bits per heavy atom. The van der Waals surface area contributed by atoms with Crippen LogP contribution in [0.5, 0.6) is 0 Å². The van der Waals surface area contributed by atoms with Crippen molar-refractivity contribution >= 4 is 15.8 Å². The molecule has 0 heterocycles. The summed E-state index contributed by atoms with van der Waals surface area (Å²) >= 11 is 0. The van der Waals surface area contributed by atoms with E-state index in [0.29, 0.717) is 5.66 Å². The third kappa shape index (κ3) is 4.84. The lowest BCUT2D eigenvalue weighted by atomic mass is 10.0. The molecule has 2 rings (SSSR count). The third-order valence-corrected chi connectivity index (χ3v) is 10.8. The van der Waals surface area contributed by atoms with Crippen LogP contribution in [0.1, 0.15) is 52.9 Å². The van der Waals surface area contributed by atoms with E-state index in [1.165, 1.54) is 32.1 Å². The predicted molar refractivity (Wildman–Crippen MR) is 96.7 cm³/mol. The van der Waals surface area contributed by atoms with Crippen LogP contribution in [0.25, 0.3) is 0 Å². The van der Waals surface area contributed by atoms with Crippen molar-refractivity contribution in [3.05, 3.63) is 30.8 Å². The van der Waals surface area contributed by atoms with Gasteiger partial charge < -0.3 is 0 Å². The van der Waals surface area contributed by atoms with E-state index in [4.69, 9.17) is 0 Å².